The largest absolute Gasteiger partial charge is 0.465 e. The quantitative estimate of drug-likeness (QED) is 0.599. The minimum Gasteiger partial charge on any atom is -0.465 e. The lowest BCUT2D eigenvalue weighted by atomic mass is 10.4. The van der Waals surface area contributed by atoms with Crippen molar-refractivity contribution < 1.29 is 9.53 Å². The predicted molar refractivity (Wildman–Crippen MR) is 83.7 cm³/mol. The van der Waals surface area contributed by atoms with Gasteiger partial charge in [-0.3, -0.25) is 9.78 Å². The summed E-state index contributed by atoms with van der Waals surface area (Å²) in [6.07, 6.45) is 4.61. The average Bonchev–Trinajstić information content (AvgIpc) is 2.71. The molecule has 0 bridgehead atoms. The molecule has 1 fully saturated rings. The number of nitrogens with zero attached hydrogens (tertiary/aromatic N) is 4. The maximum atomic E-state index is 11.4. The van der Waals surface area contributed by atoms with Crippen LogP contribution in [0.3, 0.4) is 0 Å². The molecule has 1 aliphatic heterocycles. The van der Waals surface area contributed by atoms with Crippen LogP contribution in [0, 0.1) is 0 Å². The molecule has 1 aliphatic rings. The second kappa shape index (κ2) is 8.19. The van der Waals surface area contributed by atoms with Crippen molar-refractivity contribution in [2.24, 2.45) is 0 Å². The van der Waals surface area contributed by atoms with Gasteiger partial charge in [0.2, 0.25) is 0 Å². The molecule has 1 aromatic heterocycles. The van der Waals surface area contributed by atoms with E-state index in [1.165, 1.54) is 11.8 Å². The van der Waals surface area contributed by atoms with Gasteiger partial charge < -0.3 is 14.5 Å². The lowest BCUT2D eigenvalue weighted by molar-refractivity contribution is -0.139. The van der Waals surface area contributed by atoms with Gasteiger partial charge in [-0.05, 0) is 26.9 Å². The van der Waals surface area contributed by atoms with E-state index in [-0.39, 0.29) is 11.7 Å². The highest BCUT2D eigenvalue weighted by Crippen LogP contribution is 2.19. The van der Waals surface area contributed by atoms with E-state index in [0.29, 0.717) is 6.61 Å². The fourth-order valence-corrected chi connectivity index (χ4v) is 2.81. The number of likely N-dealkylation sites (N-methyl/N-ethyl adjacent to an activating group) is 1. The van der Waals surface area contributed by atoms with Crippen LogP contribution in [0.15, 0.2) is 17.4 Å². The number of hydrogen-bond donors (Lipinski definition) is 0. The first-order valence-corrected chi connectivity index (χ1v) is 8.21. The zero-order chi connectivity index (χ0) is 15.1. The SMILES string of the molecule is CCOC(=O)CSc1cncc(N2CCCN(C)CC2)n1. The highest BCUT2D eigenvalue weighted by molar-refractivity contribution is 7.99. The number of hydrogen-bond acceptors (Lipinski definition) is 7. The molecule has 0 aliphatic carbocycles. The second-order valence-corrected chi connectivity index (χ2v) is 5.95. The van der Waals surface area contributed by atoms with Gasteiger partial charge in [-0.1, -0.05) is 11.8 Å². The monoisotopic (exact) mass is 310 g/mol. The second-order valence-electron chi connectivity index (χ2n) is 4.95. The van der Waals surface area contributed by atoms with Gasteiger partial charge in [-0.15, -0.1) is 0 Å². The Bertz CT molecular complexity index is 472. The number of esters is 1. The highest BCUT2D eigenvalue weighted by atomic mass is 32.2. The van der Waals surface area contributed by atoms with Gasteiger partial charge in [-0.2, -0.15) is 0 Å². The number of rotatable bonds is 5. The molecule has 0 N–H and O–H groups in total. The molecule has 2 heterocycles. The summed E-state index contributed by atoms with van der Waals surface area (Å²) in [4.78, 5) is 24.8. The Hall–Kier alpha value is -1.34. The summed E-state index contributed by atoms with van der Waals surface area (Å²) in [5.74, 6) is 0.944. The number of anilines is 1. The Morgan fingerprint density at radius 1 is 1.33 bits per heavy atom. The van der Waals surface area contributed by atoms with Crippen molar-refractivity contribution >= 4 is 23.5 Å². The van der Waals surface area contributed by atoms with Crippen LogP contribution in [0.2, 0.25) is 0 Å². The number of ether oxygens (including phenoxy) is 1. The molecule has 0 atom stereocenters. The number of carbonyl (C=O) groups excluding carboxylic acids is 1. The van der Waals surface area contributed by atoms with Crippen molar-refractivity contribution in [3.05, 3.63) is 12.4 Å². The van der Waals surface area contributed by atoms with Crippen molar-refractivity contribution in [1.82, 2.24) is 14.9 Å². The van der Waals surface area contributed by atoms with E-state index in [9.17, 15) is 4.79 Å². The maximum absolute atomic E-state index is 11.4. The molecular formula is C14H22N4O2S. The first kappa shape index (κ1) is 16.0. The Labute approximate surface area is 129 Å². The van der Waals surface area contributed by atoms with Gasteiger partial charge in [0.05, 0.1) is 24.8 Å². The lowest BCUT2D eigenvalue weighted by Gasteiger charge is -2.21. The molecule has 2 rings (SSSR count). The predicted octanol–water partition coefficient (Wildman–Crippen LogP) is 1.27. The van der Waals surface area contributed by atoms with Gasteiger partial charge in [0.25, 0.3) is 0 Å². The average molecular weight is 310 g/mol. The van der Waals surface area contributed by atoms with Crippen molar-refractivity contribution in [2.75, 3.05) is 50.5 Å². The third kappa shape index (κ3) is 5.17. The van der Waals surface area contributed by atoms with Crippen molar-refractivity contribution in [1.29, 1.82) is 0 Å². The third-order valence-electron chi connectivity index (χ3n) is 3.29. The van der Waals surface area contributed by atoms with Crippen LogP contribution in [0.25, 0.3) is 0 Å². The molecule has 0 radical (unpaired) electrons. The van der Waals surface area contributed by atoms with Gasteiger partial charge in [-0.25, -0.2) is 4.98 Å². The Kier molecular flexibility index (Phi) is 6.25. The van der Waals surface area contributed by atoms with E-state index in [1.54, 1.807) is 19.3 Å². The van der Waals surface area contributed by atoms with Crippen molar-refractivity contribution in [2.45, 2.75) is 18.4 Å². The number of aromatic nitrogens is 2. The molecule has 0 aromatic carbocycles. The molecule has 116 valence electrons. The van der Waals surface area contributed by atoms with Gasteiger partial charge in [0.15, 0.2) is 0 Å². The van der Waals surface area contributed by atoms with Crippen LogP contribution >= 0.6 is 11.8 Å². The summed E-state index contributed by atoms with van der Waals surface area (Å²) in [7, 11) is 2.14. The zero-order valence-electron chi connectivity index (χ0n) is 12.6. The van der Waals surface area contributed by atoms with E-state index < -0.39 is 0 Å². The topological polar surface area (TPSA) is 58.6 Å². The number of carbonyl (C=O) groups is 1. The fourth-order valence-electron chi connectivity index (χ4n) is 2.17. The third-order valence-corrected chi connectivity index (χ3v) is 4.16. The van der Waals surface area contributed by atoms with E-state index in [0.717, 1.165) is 43.4 Å². The maximum Gasteiger partial charge on any atom is 0.316 e. The van der Waals surface area contributed by atoms with Crippen molar-refractivity contribution in [3.63, 3.8) is 0 Å². The smallest absolute Gasteiger partial charge is 0.316 e. The number of thioether (sulfide) groups is 1. The minimum atomic E-state index is -0.217. The Morgan fingerprint density at radius 3 is 3.00 bits per heavy atom. The van der Waals surface area contributed by atoms with Crippen LogP contribution in [-0.2, 0) is 9.53 Å². The van der Waals surface area contributed by atoms with Gasteiger partial charge in [0, 0.05) is 19.6 Å². The summed E-state index contributed by atoms with van der Waals surface area (Å²) in [5, 5.41) is 0.762. The van der Waals surface area contributed by atoms with Gasteiger partial charge >= 0.3 is 5.97 Å². The van der Waals surface area contributed by atoms with Crippen LogP contribution in [0.4, 0.5) is 5.82 Å². The van der Waals surface area contributed by atoms with E-state index >= 15 is 0 Å². The molecule has 7 heteroatoms. The zero-order valence-corrected chi connectivity index (χ0v) is 13.4. The van der Waals surface area contributed by atoms with E-state index in [2.05, 4.69) is 26.8 Å². The Balaban J connectivity index is 1.95. The summed E-state index contributed by atoms with van der Waals surface area (Å²) < 4.78 is 4.91. The molecule has 21 heavy (non-hydrogen) atoms. The standard InChI is InChI=1S/C14H22N4O2S/c1-3-20-14(19)11-21-13-10-15-9-12(16-13)18-6-4-5-17(2)7-8-18/h9-10H,3-8,11H2,1-2H3. The fraction of sp³-hybridized carbons (Fsp3) is 0.643. The molecule has 1 saturated heterocycles. The highest BCUT2D eigenvalue weighted by Gasteiger charge is 2.14. The lowest BCUT2D eigenvalue weighted by Crippen LogP contribution is -2.29. The van der Waals surface area contributed by atoms with Crippen LogP contribution < -0.4 is 4.90 Å². The van der Waals surface area contributed by atoms with Crippen molar-refractivity contribution in [3.8, 4) is 0 Å². The Morgan fingerprint density at radius 2 is 2.19 bits per heavy atom. The van der Waals surface area contributed by atoms with Crippen LogP contribution in [-0.4, -0.2) is 66.4 Å². The first-order chi connectivity index (χ1) is 10.2. The normalized spacial score (nSPS) is 16.6. The minimum absolute atomic E-state index is 0.217. The van der Waals surface area contributed by atoms with E-state index in [1.807, 2.05) is 0 Å². The summed E-state index contributed by atoms with van der Waals surface area (Å²) >= 11 is 1.37. The molecule has 0 unspecified atom stereocenters. The first-order valence-electron chi connectivity index (χ1n) is 7.23. The molecular weight excluding hydrogens is 288 g/mol. The summed E-state index contributed by atoms with van der Waals surface area (Å²) in [5.41, 5.74) is 0. The van der Waals surface area contributed by atoms with Gasteiger partial charge in [0.1, 0.15) is 10.8 Å². The molecule has 6 nitrogen and oxygen atoms in total. The molecule has 1 aromatic rings. The molecule has 0 saturated carbocycles. The van der Waals surface area contributed by atoms with Crippen LogP contribution in [0.1, 0.15) is 13.3 Å². The summed E-state index contributed by atoms with van der Waals surface area (Å²) in [6, 6.07) is 0. The van der Waals surface area contributed by atoms with Crippen LogP contribution in [0.5, 0.6) is 0 Å². The van der Waals surface area contributed by atoms with E-state index in [4.69, 9.17) is 4.74 Å². The molecule has 0 spiro atoms. The summed E-state index contributed by atoms with van der Waals surface area (Å²) in [6.45, 7) is 6.30. The molecule has 0 amide bonds.